The molecule has 0 spiro atoms. The lowest BCUT2D eigenvalue weighted by molar-refractivity contribution is 0.0734. The number of aromatic nitrogens is 3. The maximum atomic E-state index is 10.4. The van der Waals surface area contributed by atoms with Crippen LogP contribution in [0.15, 0.2) is 12.4 Å². The van der Waals surface area contributed by atoms with Gasteiger partial charge >= 0.3 is 0 Å². The summed E-state index contributed by atoms with van der Waals surface area (Å²) in [7, 11) is 0. The Hall–Kier alpha value is -1.75. The highest BCUT2D eigenvalue weighted by Gasteiger charge is 2.27. The van der Waals surface area contributed by atoms with Gasteiger partial charge in [0, 0.05) is 18.8 Å². The Labute approximate surface area is 144 Å². The fourth-order valence-electron chi connectivity index (χ4n) is 3.80. The zero-order chi connectivity index (χ0) is 17.3. The lowest BCUT2D eigenvalue weighted by Gasteiger charge is -2.35. The molecule has 1 aliphatic heterocycles. The quantitative estimate of drug-likeness (QED) is 0.933. The highest BCUT2D eigenvalue weighted by molar-refractivity contribution is 5.90. The first-order chi connectivity index (χ1) is 11.5. The van der Waals surface area contributed by atoms with E-state index in [1.807, 2.05) is 6.92 Å². The minimum Gasteiger partial charge on any atom is -0.393 e. The maximum absolute atomic E-state index is 10.4. The van der Waals surface area contributed by atoms with Gasteiger partial charge < -0.3 is 10.0 Å². The largest absolute Gasteiger partial charge is 0.393 e. The van der Waals surface area contributed by atoms with E-state index in [1.165, 1.54) is 5.56 Å². The molecule has 2 aromatic rings. The van der Waals surface area contributed by atoms with Crippen molar-refractivity contribution in [2.24, 2.45) is 11.8 Å². The van der Waals surface area contributed by atoms with Crippen molar-refractivity contribution in [2.45, 2.75) is 53.1 Å². The zero-order valence-corrected chi connectivity index (χ0v) is 15.2. The lowest BCUT2D eigenvalue weighted by Crippen LogP contribution is -2.38. The molecule has 1 atom stereocenters. The number of pyridine rings is 1. The molecule has 0 amide bonds. The molecule has 5 nitrogen and oxygen atoms in total. The molecule has 24 heavy (non-hydrogen) atoms. The van der Waals surface area contributed by atoms with E-state index in [2.05, 4.69) is 46.7 Å². The van der Waals surface area contributed by atoms with Gasteiger partial charge in [-0.05, 0) is 56.6 Å². The van der Waals surface area contributed by atoms with Gasteiger partial charge in [0.25, 0.3) is 0 Å². The van der Waals surface area contributed by atoms with Crippen LogP contribution >= 0.6 is 0 Å². The molecule has 0 aliphatic carbocycles. The normalized spacial score (nSPS) is 17.7. The van der Waals surface area contributed by atoms with Gasteiger partial charge in [-0.3, -0.25) is 0 Å². The van der Waals surface area contributed by atoms with E-state index in [-0.39, 0.29) is 6.10 Å². The Balaban J connectivity index is 1.79. The maximum Gasteiger partial charge on any atom is 0.165 e. The van der Waals surface area contributed by atoms with E-state index in [9.17, 15) is 5.11 Å². The Kier molecular flexibility index (Phi) is 4.99. The standard InChI is InChI=1S/C19H28N4O/c1-12(2)9-16(24)15-5-7-23(8-6-15)19-17-13(3)10-14(4)22-18(17)20-11-21-19/h10-12,15-16,24H,5-9H2,1-4H3. The van der Waals surface area contributed by atoms with Crippen molar-refractivity contribution in [1.82, 2.24) is 15.0 Å². The number of anilines is 1. The van der Waals surface area contributed by atoms with Gasteiger partial charge in [-0.25, -0.2) is 15.0 Å². The molecule has 1 fully saturated rings. The molecule has 0 aromatic carbocycles. The van der Waals surface area contributed by atoms with Gasteiger partial charge in [0.2, 0.25) is 0 Å². The first kappa shape index (κ1) is 17.1. The number of hydrogen-bond donors (Lipinski definition) is 1. The number of hydrogen-bond acceptors (Lipinski definition) is 5. The van der Waals surface area contributed by atoms with Crippen molar-refractivity contribution in [3.8, 4) is 0 Å². The average Bonchev–Trinajstić information content (AvgIpc) is 2.53. The predicted molar refractivity (Wildman–Crippen MR) is 97.2 cm³/mol. The van der Waals surface area contributed by atoms with E-state index in [0.29, 0.717) is 11.8 Å². The SMILES string of the molecule is Cc1cc(C)c2c(N3CCC(C(O)CC(C)C)CC3)ncnc2n1. The second kappa shape index (κ2) is 7.01. The van der Waals surface area contributed by atoms with Crippen LogP contribution in [0.3, 0.4) is 0 Å². The first-order valence-electron chi connectivity index (χ1n) is 8.97. The zero-order valence-electron chi connectivity index (χ0n) is 15.2. The second-order valence-electron chi connectivity index (χ2n) is 7.50. The third-order valence-electron chi connectivity index (χ3n) is 5.01. The average molecular weight is 328 g/mol. The van der Waals surface area contributed by atoms with Crippen LogP contribution in [0.25, 0.3) is 11.0 Å². The topological polar surface area (TPSA) is 62.1 Å². The van der Waals surface area contributed by atoms with Crippen LogP contribution in [0.5, 0.6) is 0 Å². The van der Waals surface area contributed by atoms with Crippen molar-refractivity contribution in [3.63, 3.8) is 0 Å². The molecule has 0 bridgehead atoms. The van der Waals surface area contributed by atoms with Crippen molar-refractivity contribution in [2.75, 3.05) is 18.0 Å². The van der Waals surface area contributed by atoms with Crippen molar-refractivity contribution in [3.05, 3.63) is 23.7 Å². The summed E-state index contributed by atoms with van der Waals surface area (Å²) in [6.45, 7) is 10.3. The molecule has 130 valence electrons. The third-order valence-corrected chi connectivity index (χ3v) is 5.01. The summed E-state index contributed by atoms with van der Waals surface area (Å²) in [5, 5.41) is 11.5. The summed E-state index contributed by atoms with van der Waals surface area (Å²) in [5.41, 5.74) is 2.94. The molecule has 1 unspecified atom stereocenters. The summed E-state index contributed by atoms with van der Waals surface area (Å²) >= 11 is 0. The molecule has 1 N–H and O–H groups in total. The first-order valence-corrected chi connectivity index (χ1v) is 8.97. The predicted octanol–water partition coefficient (Wildman–Crippen LogP) is 3.27. The second-order valence-corrected chi connectivity index (χ2v) is 7.50. The van der Waals surface area contributed by atoms with E-state index < -0.39 is 0 Å². The van der Waals surface area contributed by atoms with Crippen molar-refractivity contribution >= 4 is 16.9 Å². The molecule has 1 aliphatic rings. The summed E-state index contributed by atoms with van der Waals surface area (Å²) in [6, 6.07) is 2.09. The van der Waals surface area contributed by atoms with Gasteiger partial charge in [0.1, 0.15) is 12.1 Å². The van der Waals surface area contributed by atoms with Crippen LogP contribution in [0.1, 0.15) is 44.4 Å². The van der Waals surface area contributed by atoms with Gasteiger partial charge in [-0.2, -0.15) is 0 Å². The number of nitrogens with zero attached hydrogens (tertiary/aromatic N) is 4. The summed E-state index contributed by atoms with van der Waals surface area (Å²) in [5.74, 6) is 1.93. The van der Waals surface area contributed by atoms with Crippen molar-refractivity contribution in [1.29, 1.82) is 0 Å². The number of aryl methyl sites for hydroxylation is 2. The number of aliphatic hydroxyl groups excluding tert-OH is 1. The van der Waals surface area contributed by atoms with Gasteiger partial charge in [0.05, 0.1) is 11.5 Å². The van der Waals surface area contributed by atoms with Crippen molar-refractivity contribution < 1.29 is 5.11 Å². The Morgan fingerprint density at radius 3 is 2.58 bits per heavy atom. The molecule has 2 aromatic heterocycles. The molecule has 0 radical (unpaired) electrons. The van der Waals surface area contributed by atoms with Crippen LogP contribution in [-0.4, -0.2) is 39.3 Å². The van der Waals surface area contributed by atoms with Crippen LogP contribution in [0.4, 0.5) is 5.82 Å². The molecule has 1 saturated heterocycles. The number of piperidine rings is 1. The minimum absolute atomic E-state index is 0.180. The minimum atomic E-state index is -0.180. The van der Waals surface area contributed by atoms with Gasteiger partial charge in [-0.1, -0.05) is 13.8 Å². The number of fused-ring (bicyclic) bond motifs is 1. The van der Waals surface area contributed by atoms with Gasteiger partial charge in [0.15, 0.2) is 5.65 Å². The molecular formula is C19H28N4O. The van der Waals surface area contributed by atoms with Crippen LogP contribution < -0.4 is 4.90 Å². The van der Waals surface area contributed by atoms with E-state index in [0.717, 1.165) is 54.9 Å². The molecule has 3 heterocycles. The van der Waals surface area contributed by atoms with E-state index >= 15 is 0 Å². The number of aliphatic hydroxyl groups is 1. The highest BCUT2D eigenvalue weighted by atomic mass is 16.3. The smallest absolute Gasteiger partial charge is 0.165 e. The molecule has 3 rings (SSSR count). The monoisotopic (exact) mass is 328 g/mol. The van der Waals surface area contributed by atoms with Gasteiger partial charge in [-0.15, -0.1) is 0 Å². The van der Waals surface area contributed by atoms with Crippen LogP contribution in [-0.2, 0) is 0 Å². The third kappa shape index (κ3) is 3.51. The van der Waals surface area contributed by atoms with E-state index in [1.54, 1.807) is 6.33 Å². The summed E-state index contributed by atoms with van der Waals surface area (Å²) < 4.78 is 0. The van der Waals surface area contributed by atoms with E-state index in [4.69, 9.17) is 0 Å². The fraction of sp³-hybridized carbons (Fsp3) is 0.632. The highest BCUT2D eigenvalue weighted by Crippen LogP contribution is 2.31. The van der Waals surface area contributed by atoms with Crippen LogP contribution in [0.2, 0.25) is 0 Å². The Bertz CT molecular complexity index is 708. The van der Waals surface area contributed by atoms with Crippen LogP contribution in [0, 0.1) is 25.7 Å². The molecule has 5 heteroatoms. The number of rotatable bonds is 4. The lowest BCUT2D eigenvalue weighted by atomic mass is 9.87. The molecule has 0 saturated carbocycles. The Morgan fingerprint density at radius 1 is 1.21 bits per heavy atom. The fourth-order valence-corrected chi connectivity index (χ4v) is 3.80. The molecular weight excluding hydrogens is 300 g/mol. The Morgan fingerprint density at radius 2 is 1.92 bits per heavy atom. The summed E-state index contributed by atoms with van der Waals surface area (Å²) in [4.78, 5) is 15.8. The summed E-state index contributed by atoms with van der Waals surface area (Å²) in [6.07, 6.45) is 4.35.